The Morgan fingerprint density at radius 3 is 2.64 bits per heavy atom. The first-order chi connectivity index (χ1) is 13.6. The summed E-state index contributed by atoms with van der Waals surface area (Å²) in [6.45, 7) is 4.54. The Labute approximate surface area is 162 Å². The molecule has 0 radical (unpaired) electrons. The van der Waals surface area contributed by atoms with Gasteiger partial charge in [0.1, 0.15) is 5.75 Å². The van der Waals surface area contributed by atoms with Crippen LogP contribution < -0.4 is 4.74 Å². The largest absolute Gasteiger partial charge is 0.497 e. The van der Waals surface area contributed by atoms with Crippen LogP contribution in [0.2, 0.25) is 0 Å². The summed E-state index contributed by atoms with van der Waals surface area (Å²) in [4.78, 5) is 14.1. The zero-order valence-electron chi connectivity index (χ0n) is 16.1. The van der Waals surface area contributed by atoms with Crippen molar-refractivity contribution in [3.63, 3.8) is 0 Å². The molecule has 2 heterocycles. The lowest BCUT2D eigenvalue weighted by molar-refractivity contribution is -0.130. The van der Waals surface area contributed by atoms with Gasteiger partial charge in [-0.3, -0.25) is 4.79 Å². The number of hydrogen-bond acceptors (Lipinski definition) is 5. The summed E-state index contributed by atoms with van der Waals surface area (Å²) in [5.41, 5.74) is 4.69. The molecular weight excluding hydrogens is 354 g/mol. The highest BCUT2D eigenvalue weighted by molar-refractivity contribution is 5.86. The second kappa shape index (κ2) is 7.26. The molecule has 0 fully saturated rings. The van der Waals surface area contributed by atoms with Crippen LogP contribution in [-0.2, 0) is 17.9 Å². The Morgan fingerprint density at radius 1 is 1.14 bits per heavy atom. The quantitative estimate of drug-likeness (QED) is 0.536. The van der Waals surface area contributed by atoms with Gasteiger partial charge in [-0.15, -0.1) is 5.10 Å². The van der Waals surface area contributed by atoms with Gasteiger partial charge in [-0.05, 0) is 46.7 Å². The second-order valence-corrected chi connectivity index (χ2v) is 6.82. The third-order valence-electron chi connectivity index (χ3n) is 4.91. The molecule has 0 aliphatic carbocycles. The van der Waals surface area contributed by atoms with Gasteiger partial charge in [-0.25, -0.2) is 0 Å². The molecule has 142 valence electrons. The minimum atomic E-state index is -0.00854. The van der Waals surface area contributed by atoms with Crippen LogP contribution in [0.25, 0.3) is 16.6 Å². The number of ether oxygens (including phenoxy) is 1. The van der Waals surface area contributed by atoms with Gasteiger partial charge >= 0.3 is 0 Å². The number of aryl methyl sites for hydroxylation is 1. The van der Waals surface area contributed by atoms with Gasteiger partial charge in [0.2, 0.25) is 5.91 Å². The van der Waals surface area contributed by atoms with E-state index in [1.165, 1.54) is 0 Å². The zero-order chi connectivity index (χ0) is 19.7. The van der Waals surface area contributed by atoms with E-state index < -0.39 is 0 Å². The molecule has 4 rings (SSSR count). The molecule has 0 N–H and O–H groups in total. The van der Waals surface area contributed by atoms with E-state index in [1.807, 2.05) is 49.4 Å². The van der Waals surface area contributed by atoms with Gasteiger partial charge in [0.25, 0.3) is 0 Å². The van der Waals surface area contributed by atoms with E-state index in [0.29, 0.717) is 18.7 Å². The molecule has 2 aromatic carbocycles. The van der Waals surface area contributed by atoms with E-state index in [2.05, 4.69) is 21.6 Å². The lowest BCUT2D eigenvalue weighted by Crippen LogP contribution is -2.28. The van der Waals surface area contributed by atoms with E-state index in [9.17, 15) is 4.79 Å². The zero-order valence-corrected chi connectivity index (χ0v) is 16.1. The molecule has 0 saturated heterocycles. The SMILES string of the molecule is COc1ccc(CN(Cc2cc3cccc(C)c3n3nnnc23)C(C)=O)cc1. The van der Waals surface area contributed by atoms with Crippen molar-refractivity contribution in [2.45, 2.75) is 26.9 Å². The Bertz CT molecular complexity index is 1150. The highest BCUT2D eigenvalue weighted by Crippen LogP contribution is 2.24. The van der Waals surface area contributed by atoms with Crippen LogP contribution in [0.1, 0.15) is 23.6 Å². The summed E-state index contributed by atoms with van der Waals surface area (Å²) in [7, 11) is 1.64. The number of fused-ring (bicyclic) bond motifs is 3. The maximum Gasteiger partial charge on any atom is 0.220 e. The Kier molecular flexibility index (Phi) is 4.65. The first-order valence-electron chi connectivity index (χ1n) is 9.04. The molecule has 0 unspecified atom stereocenters. The van der Waals surface area contributed by atoms with Crippen molar-refractivity contribution in [3.8, 4) is 5.75 Å². The molecule has 7 nitrogen and oxygen atoms in total. The predicted octanol–water partition coefficient (Wildman–Crippen LogP) is 3.14. The van der Waals surface area contributed by atoms with E-state index >= 15 is 0 Å². The van der Waals surface area contributed by atoms with Crippen molar-refractivity contribution in [1.82, 2.24) is 24.9 Å². The number of benzene rings is 2. The van der Waals surface area contributed by atoms with E-state index in [-0.39, 0.29) is 5.91 Å². The van der Waals surface area contributed by atoms with Crippen LogP contribution in [0.15, 0.2) is 48.5 Å². The molecule has 2 aromatic heterocycles. The van der Waals surface area contributed by atoms with E-state index in [1.54, 1.807) is 23.4 Å². The van der Waals surface area contributed by atoms with E-state index in [4.69, 9.17) is 4.74 Å². The monoisotopic (exact) mass is 375 g/mol. The molecule has 0 aliphatic rings. The first kappa shape index (κ1) is 17.9. The summed E-state index contributed by atoms with van der Waals surface area (Å²) in [5.74, 6) is 0.782. The molecule has 0 atom stereocenters. The minimum Gasteiger partial charge on any atom is -0.497 e. The average molecular weight is 375 g/mol. The third-order valence-corrected chi connectivity index (χ3v) is 4.91. The van der Waals surface area contributed by atoms with Crippen molar-refractivity contribution in [1.29, 1.82) is 0 Å². The fraction of sp³-hybridized carbons (Fsp3) is 0.238. The van der Waals surface area contributed by atoms with Crippen LogP contribution in [-0.4, -0.2) is 38.0 Å². The standard InChI is InChI=1S/C21H21N5O2/c1-14-5-4-6-17-11-18(21-22-23-24-26(21)20(14)17)13-25(15(2)27)12-16-7-9-19(28-3)10-8-16/h4-11H,12-13H2,1-3H3. The molecule has 1 amide bonds. The summed E-state index contributed by atoms with van der Waals surface area (Å²) in [5, 5.41) is 13.3. The summed E-state index contributed by atoms with van der Waals surface area (Å²) < 4.78 is 6.96. The summed E-state index contributed by atoms with van der Waals surface area (Å²) >= 11 is 0. The number of aromatic nitrogens is 4. The number of amides is 1. The number of tetrazole rings is 1. The van der Waals surface area contributed by atoms with Gasteiger partial charge in [0.05, 0.1) is 12.6 Å². The first-order valence-corrected chi connectivity index (χ1v) is 9.04. The molecule has 0 bridgehead atoms. The number of pyridine rings is 1. The van der Waals surface area contributed by atoms with Gasteiger partial charge in [0, 0.05) is 31.0 Å². The Morgan fingerprint density at radius 2 is 1.93 bits per heavy atom. The maximum absolute atomic E-state index is 12.3. The van der Waals surface area contributed by atoms with Crippen LogP contribution in [0.4, 0.5) is 0 Å². The maximum atomic E-state index is 12.3. The van der Waals surface area contributed by atoms with E-state index in [0.717, 1.165) is 33.3 Å². The second-order valence-electron chi connectivity index (χ2n) is 6.82. The summed E-state index contributed by atoms with van der Waals surface area (Å²) in [6, 6.07) is 15.9. The number of rotatable bonds is 5. The lowest BCUT2D eigenvalue weighted by atomic mass is 10.1. The van der Waals surface area contributed by atoms with Crippen LogP contribution >= 0.6 is 0 Å². The van der Waals surface area contributed by atoms with Crippen LogP contribution in [0.5, 0.6) is 5.75 Å². The number of nitrogens with zero attached hydrogens (tertiary/aromatic N) is 5. The van der Waals surface area contributed by atoms with Gasteiger partial charge in [-0.2, -0.15) is 4.52 Å². The summed E-state index contributed by atoms with van der Waals surface area (Å²) in [6.07, 6.45) is 0. The molecule has 4 aromatic rings. The fourth-order valence-electron chi connectivity index (χ4n) is 3.43. The topological polar surface area (TPSA) is 72.6 Å². The highest BCUT2D eigenvalue weighted by atomic mass is 16.5. The van der Waals surface area contributed by atoms with Gasteiger partial charge in [-0.1, -0.05) is 30.3 Å². The number of para-hydroxylation sites is 1. The van der Waals surface area contributed by atoms with Gasteiger partial charge in [0.15, 0.2) is 5.65 Å². The minimum absolute atomic E-state index is 0.00854. The third kappa shape index (κ3) is 3.26. The lowest BCUT2D eigenvalue weighted by Gasteiger charge is -2.22. The molecule has 7 heteroatoms. The molecule has 28 heavy (non-hydrogen) atoms. The molecule has 0 aliphatic heterocycles. The van der Waals surface area contributed by atoms with Crippen LogP contribution in [0, 0.1) is 6.92 Å². The van der Waals surface area contributed by atoms with Crippen molar-refractivity contribution in [3.05, 3.63) is 65.2 Å². The fourth-order valence-corrected chi connectivity index (χ4v) is 3.43. The van der Waals surface area contributed by atoms with Crippen molar-refractivity contribution in [2.75, 3.05) is 7.11 Å². The smallest absolute Gasteiger partial charge is 0.220 e. The number of hydrogen-bond donors (Lipinski definition) is 0. The predicted molar refractivity (Wildman–Crippen MR) is 106 cm³/mol. The van der Waals surface area contributed by atoms with Crippen molar-refractivity contribution >= 4 is 22.5 Å². The number of carbonyl (C=O) groups excluding carboxylic acids is 1. The number of carbonyl (C=O) groups is 1. The average Bonchev–Trinajstić information content (AvgIpc) is 3.18. The van der Waals surface area contributed by atoms with Gasteiger partial charge < -0.3 is 9.64 Å². The normalized spacial score (nSPS) is 11.1. The number of methoxy groups -OCH3 is 1. The highest BCUT2D eigenvalue weighted by Gasteiger charge is 2.16. The Balaban J connectivity index is 1.71. The molecular formula is C21H21N5O2. The van der Waals surface area contributed by atoms with Crippen molar-refractivity contribution < 1.29 is 9.53 Å². The van der Waals surface area contributed by atoms with Crippen molar-refractivity contribution in [2.24, 2.45) is 0 Å². The molecule has 0 saturated carbocycles. The van der Waals surface area contributed by atoms with Crippen LogP contribution in [0.3, 0.4) is 0 Å². The molecule has 0 spiro atoms. The Hall–Kier alpha value is -3.48.